The zero-order valence-corrected chi connectivity index (χ0v) is 16.6. The zero-order valence-electron chi connectivity index (χ0n) is 16.6. The first-order valence-electron chi connectivity index (χ1n) is 9.66. The van der Waals surface area contributed by atoms with Crippen molar-refractivity contribution in [1.29, 1.82) is 0 Å². The highest BCUT2D eigenvalue weighted by Gasteiger charge is 2.07. The number of ether oxygens (including phenoxy) is 1. The van der Waals surface area contributed by atoms with Gasteiger partial charge in [0.05, 0.1) is 12.2 Å². The number of imidazole rings is 1. The topological polar surface area (TPSA) is 55.6 Å². The Balaban J connectivity index is 1.34. The third-order valence-corrected chi connectivity index (χ3v) is 4.48. The Kier molecular flexibility index (Phi) is 5.77. The van der Waals surface area contributed by atoms with Crippen LogP contribution in [0.2, 0.25) is 0 Å². The predicted octanol–water partition coefficient (Wildman–Crippen LogP) is 4.00. The van der Waals surface area contributed by atoms with Gasteiger partial charge in [0.15, 0.2) is 0 Å². The SMILES string of the molecule is Cc1ccc2nc(COc3cccc(C(=O)NCC#Cc4ccccc4)c3)cn2c1. The van der Waals surface area contributed by atoms with E-state index in [9.17, 15) is 4.79 Å². The van der Waals surface area contributed by atoms with E-state index in [1.165, 1.54) is 5.56 Å². The Bertz CT molecular complexity index is 1230. The van der Waals surface area contributed by atoms with Crippen LogP contribution < -0.4 is 10.1 Å². The third-order valence-electron chi connectivity index (χ3n) is 4.48. The van der Waals surface area contributed by atoms with E-state index >= 15 is 0 Å². The fourth-order valence-electron chi connectivity index (χ4n) is 3.00. The van der Waals surface area contributed by atoms with Crippen molar-refractivity contribution in [3.05, 3.63) is 102 Å². The van der Waals surface area contributed by atoms with Gasteiger partial charge in [-0.1, -0.05) is 42.2 Å². The lowest BCUT2D eigenvalue weighted by Gasteiger charge is -2.06. The van der Waals surface area contributed by atoms with E-state index in [0.717, 1.165) is 16.9 Å². The van der Waals surface area contributed by atoms with Gasteiger partial charge in [-0.3, -0.25) is 4.79 Å². The van der Waals surface area contributed by atoms with Crippen molar-refractivity contribution in [3.8, 4) is 17.6 Å². The number of hydrogen-bond acceptors (Lipinski definition) is 3. The van der Waals surface area contributed by atoms with Gasteiger partial charge in [-0.15, -0.1) is 0 Å². The van der Waals surface area contributed by atoms with Crippen molar-refractivity contribution >= 4 is 11.6 Å². The molecule has 0 saturated carbocycles. The number of amides is 1. The molecule has 30 heavy (non-hydrogen) atoms. The summed E-state index contributed by atoms with van der Waals surface area (Å²) in [7, 11) is 0. The molecule has 0 radical (unpaired) electrons. The number of rotatable bonds is 5. The fraction of sp³-hybridized carbons (Fsp3) is 0.120. The Morgan fingerprint density at radius 2 is 1.93 bits per heavy atom. The monoisotopic (exact) mass is 395 g/mol. The third kappa shape index (κ3) is 4.86. The Labute approximate surface area is 175 Å². The number of carbonyl (C=O) groups is 1. The van der Waals surface area contributed by atoms with Gasteiger partial charge in [-0.05, 0) is 48.9 Å². The predicted molar refractivity (Wildman–Crippen MR) is 116 cm³/mol. The highest BCUT2D eigenvalue weighted by atomic mass is 16.5. The zero-order chi connectivity index (χ0) is 20.8. The van der Waals surface area contributed by atoms with Gasteiger partial charge in [-0.25, -0.2) is 4.98 Å². The second kappa shape index (κ2) is 8.97. The van der Waals surface area contributed by atoms with Crippen molar-refractivity contribution in [2.45, 2.75) is 13.5 Å². The smallest absolute Gasteiger partial charge is 0.252 e. The summed E-state index contributed by atoms with van der Waals surface area (Å²) in [6.45, 7) is 2.65. The first kappa shape index (κ1) is 19.3. The molecule has 0 spiro atoms. The van der Waals surface area contributed by atoms with Gasteiger partial charge in [0.2, 0.25) is 0 Å². The van der Waals surface area contributed by atoms with Gasteiger partial charge in [-0.2, -0.15) is 0 Å². The molecule has 5 heteroatoms. The second-order valence-electron chi connectivity index (χ2n) is 6.87. The summed E-state index contributed by atoms with van der Waals surface area (Å²) >= 11 is 0. The number of aromatic nitrogens is 2. The van der Waals surface area contributed by atoms with Crippen LogP contribution in [-0.2, 0) is 6.61 Å². The van der Waals surface area contributed by atoms with Gasteiger partial charge in [0.1, 0.15) is 18.0 Å². The molecule has 1 amide bonds. The fourth-order valence-corrected chi connectivity index (χ4v) is 3.00. The lowest BCUT2D eigenvalue weighted by molar-refractivity contribution is 0.0958. The number of carbonyl (C=O) groups excluding carboxylic acids is 1. The van der Waals surface area contributed by atoms with Gasteiger partial charge in [0, 0.05) is 23.5 Å². The van der Waals surface area contributed by atoms with Gasteiger partial charge in [0.25, 0.3) is 5.91 Å². The number of nitrogens with one attached hydrogen (secondary N) is 1. The van der Waals surface area contributed by atoms with Crippen LogP contribution in [0.4, 0.5) is 0 Å². The molecule has 4 rings (SSSR count). The van der Waals surface area contributed by atoms with Crippen LogP contribution in [0.3, 0.4) is 0 Å². The normalized spacial score (nSPS) is 10.3. The number of pyridine rings is 1. The summed E-state index contributed by atoms with van der Waals surface area (Å²) in [5, 5.41) is 2.81. The maximum Gasteiger partial charge on any atom is 0.252 e. The minimum Gasteiger partial charge on any atom is -0.487 e. The highest BCUT2D eigenvalue weighted by molar-refractivity contribution is 5.94. The molecule has 0 bridgehead atoms. The Hall–Kier alpha value is -4.04. The first-order valence-corrected chi connectivity index (χ1v) is 9.66. The van der Waals surface area contributed by atoms with E-state index in [-0.39, 0.29) is 12.5 Å². The molecule has 0 aliphatic carbocycles. The van der Waals surface area contributed by atoms with Crippen molar-refractivity contribution in [2.24, 2.45) is 0 Å². The van der Waals surface area contributed by atoms with Crippen molar-refractivity contribution < 1.29 is 9.53 Å². The molecule has 0 unspecified atom stereocenters. The van der Waals surface area contributed by atoms with Crippen LogP contribution in [0.15, 0.2) is 79.1 Å². The molecular formula is C25H21N3O2. The molecule has 0 aliphatic heterocycles. The number of nitrogens with zero attached hydrogens (tertiary/aromatic N) is 2. The van der Waals surface area contributed by atoms with Crippen LogP contribution in [0.1, 0.15) is 27.2 Å². The van der Waals surface area contributed by atoms with E-state index in [2.05, 4.69) is 22.1 Å². The van der Waals surface area contributed by atoms with Crippen LogP contribution in [0.5, 0.6) is 5.75 Å². The van der Waals surface area contributed by atoms with Crippen LogP contribution in [0.25, 0.3) is 5.65 Å². The standard InChI is InChI=1S/C25H21N3O2/c1-19-12-13-24-27-22(17-28(24)16-19)18-30-23-11-5-10-21(15-23)25(29)26-14-6-9-20-7-3-2-4-8-20/h2-5,7-8,10-13,15-17H,14,18H2,1H3,(H,26,29). The average molecular weight is 395 g/mol. The molecule has 2 aromatic heterocycles. The maximum atomic E-state index is 12.4. The summed E-state index contributed by atoms with van der Waals surface area (Å²) in [6.07, 6.45) is 3.97. The van der Waals surface area contributed by atoms with Crippen LogP contribution in [0, 0.1) is 18.8 Å². The van der Waals surface area contributed by atoms with Gasteiger partial charge < -0.3 is 14.5 Å². The number of benzene rings is 2. The summed E-state index contributed by atoms with van der Waals surface area (Å²) in [6, 6.07) is 20.8. The second-order valence-corrected chi connectivity index (χ2v) is 6.87. The molecule has 0 fully saturated rings. The van der Waals surface area contributed by atoms with E-state index < -0.39 is 0 Å². The molecule has 5 nitrogen and oxygen atoms in total. The van der Waals surface area contributed by atoms with E-state index in [0.29, 0.717) is 17.9 Å². The van der Waals surface area contributed by atoms with Gasteiger partial charge >= 0.3 is 0 Å². The quantitative estimate of drug-likeness (QED) is 0.520. The molecule has 4 aromatic rings. The Morgan fingerprint density at radius 3 is 2.80 bits per heavy atom. The summed E-state index contributed by atoms with van der Waals surface area (Å²) in [4.78, 5) is 16.9. The molecule has 0 aliphatic rings. The maximum absolute atomic E-state index is 12.4. The largest absolute Gasteiger partial charge is 0.487 e. The molecule has 0 atom stereocenters. The van der Waals surface area contributed by atoms with E-state index in [4.69, 9.17) is 4.74 Å². The first-order chi connectivity index (χ1) is 14.7. The van der Waals surface area contributed by atoms with E-state index in [1.54, 1.807) is 18.2 Å². The molecule has 1 N–H and O–H groups in total. The molecule has 2 aromatic carbocycles. The number of aryl methyl sites for hydroxylation is 1. The molecule has 2 heterocycles. The molecule has 148 valence electrons. The highest BCUT2D eigenvalue weighted by Crippen LogP contribution is 2.16. The summed E-state index contributed by atoms with van der Waals surface area (Å²) in [5.41, 5.74) is 4.32. The average Bonchev–Trinajstić information content (AvgIpc) is 3.18. The lowest BCUT2D eigenvalue weighted by atomic mass is 10.2. The minimum atomic E-state index is -0.189. The minimum absolute atomic E-state index is 0.189. The number of hydrogen-bond donors (Lipinski definition) is 1. The molecule has 0 saturated heterocycles. The summed E-state index contributed by atoms with van der Waals surface area (Å²) < 4.78 is 7.82. The summed E-state index contributed by atoms with van der Waals surface area (Å²) in [5.74, 6) is 6.40. The number of fused-ring (bicyclic) bond motifs is 1. The van der Waals surface area contributed by atoms with Crippen LogP contribution in [-0.4, -0.2) is 21.8 Å². The van der Waals surface area contributed by atoms with Crippen molar-refractivity contribution in [2.75, 3.05) is 6.54 Å². The van der Waals surface area contributed by atoms with E-state index in [1.807, 2.05) is 72.2 Å². The van der Waals surface area contributed by atoms with Crippen LogP contribution >= 0.6 is 0 Å². The Morgan fingerprint density at radius 1 is 1.07 bits per heavy atom. The molecular weight excluding hydrogens is 374 g/mol. The van der Waals surface area contributed by atoms with Crippen molar-refractivity contribution in [3.63, 3.8) is 0 Å². The van der Waals surface area contributed by atoms with Crippen molar-refractivity contribution in [1.82, 2.24) is 14.7 Å². The lowest BCUT2D eigenvalue weighted by Crippen LogP contribution is -2.23.